The average molecular weight is 430 g/mol. The van der Waals surface area contributed by atoms with Gasteiger partial charge in [-0.1, -0.05) is 0 Å². The molecule has 31 heavy (non-hydrogen) atoms. The zero-order chi connectivity index (χ0) is 21.8. The van der Waals surface area contributed by atoms with Crippen LogP contribution in [-0.2, 0) is 4.74 Å². The molecule has 6 nitrogen and oxygen atoms in total. The molecule has 0 radical (unpaired) electrons. The molecule has 0 aliphatic carbocycles. The third-order valence-electron chi connectivity index (χ3n) is 5.64. The van der Waals surface area contributed by atoms with Crippen LogP contribution in [0, 0.1) is 11.6 Å². The Labute approximate surface area is 179 Å². The fraction of sp³-hybridized carbons (Fsp3) is 0.391. The lowest BCUT2D eigenvalue weighted by Crippen LogP contribution is -2.40. The van der Waals surface area contributed by atoms with Gasteiger partial charge >= 0.3 is 0 Å². The Morgan fingerprint density at radius 1 is 1.00 bits per heavy atom. The molecule has 0 spiro atoms. The van der Waals surface area contributed by atoms with Gasteiger partial charge in [0.15, 0.2) is 0 Å². The van der Waals surface area contributed by atoms with E-state index in [0.29, 0.717) is 44.2 Å². The van der Waals surface area contributed by atoms with Gasteiger partial charge < -0.3 is 19.3 Å². The molecule has 1 atom stereocenters. The summed E-state index contributed by atoms with van der Waals surface area (Å²) >= 11 is 0. The largest absolute Gasteiger partial charge is 0.491 e. The van der Waals surface area contributed by atoms with Crippen LogP contribution in [0.25, 0.3) is 0 Å². The van der Waals surface area contributed by atoms with E-state index < -0.39 is 17.5 Å². The summed E-state index contributed by atoms with van der Waals surface area (Å²) in [5.41, 5.74) is 0.311. The van der Waals surface area contributed by atoms with Gasteiger partial charge in [-0.15, -0.1) is 0 Å². The molecule has 0 bridgehead atoms. The fourth-order valence-electron chi connectivity index (χ4n) is 3.93. The Bertz CT molecular complexity index is 945. The maximum atomic E-state index is 14.0. The summed E-state index contributed by atoms with van der Waals surface area (Å²) in [7, 11) is 0. The normalized spacial score (nSPS) is 18.8. The monoisotopic (exact) mass is 430 g/mol. The SMILES string of the molecule is O=C(c1ccc(OC[C@@H]2CCCN2C(=O)c2cc(F)ccc2F)cc1)N1CCOCC1. The van der Waals surface area contributed by atoms with E-state index in [0.717, 1.165) is 31.0 Å². The second-order valence-corrected chi connectivity index (χ2v) is 7.66. The van der Waals surface area contributed by atoms with Crippen molar-refractivity contribution in [1.82, 2.24) is 9.80 Å². The first-order valence-corrected chi connectivity index (χ1v) is 10.4. The Morgan fingerprint density at radius 3 is 2.48 bits per heavy atom. The van der Waals surface area contributed by atoms with Crippen LogP contribution in [0.15, 0.2) is 42.5 Å². The maximum absolute atomic E-state index is 14.0. The molecule has 0 N–H and O–H groups in total. The average Bonchev–Trinajstić information content (AvgIpc) is 3.28. The highest BCUT2D eigenvalue weighted by Crippen LogP contribution is 2.23. The molecule has 2 aromatic rings. The highest BCUT2D eigenvalue weighted by molar-refractivity contribution is 5.95. The molecule has 4 rings (SSSR count). The highest BCUT2D eigenvalue weighted by Gasteiger charge is 2.31. The number of benzene rings is 2. The number of amides is 2. The van der Waals surface area contributed by atoms with Gasteiger partial charge in [-0.05, 0) is 55.3 Å². The van der Waals surface area contributed by atoms with Gasteiger partial charge in [0.25, 0.3) is 11.8 Å². The first-order chi connectivity index (χ1) is 15.0. The van der Waals surface area contributed by atoms with Crippen LogP contribution in [-0.4, -0.2) is 67.1 Å². The predicted molar refractivity (Wildman–Crippen MR) is 109 cm³/mol. The third kappa shape index (κ3) is 4.85. The van der Waals surface area contributed by atoms with Gasteiger partial charge in [0.1, 0.15) is 24.0 Å². The van der Waals surface area contributed by atoms with Gasteiger partial charge in [0.2, 0.25) is 0 Å². The summed E-state index contributed by atoms with van der Waals surface area (Å²) in [5.74, 6) is -1.38. The number of carbonyl (C=O) groups is 2. The van der Waals surface area contributed by atoms with Crippen molar-refractivity contribution in [1.29, 1.82) is 0 Å². The number of hydrogen-bond donors (Lipinski definition) is 0. The summed E-state index contributed by atoms with van der Waals surface area (Å²) in [6, 6.07) is 9.53. The molecule has 2 aliphatic heterocycles. The molecule has 0 unspecified atom stereocenters. The van der Waals surface area contributed by atoms with E-state index >= 15 is 0 Å². The van der Waals surface area contributed by atoms with E-state index in [9.17, 15) is 18.4 Å². The van der Waals surface area contributed by atoms with Crippen LogP contribution in [0.2, 0.25) is 0 Å². The topological polar surface area (TPSA) is 59.1 Å². The Kier molecular flexibility index (Phi) is 6.46. The number of nitrogens with zero attached hydrogens (tertiary/aromatic N) is 2. The number of carbonyl (C=O) groups excluding carboxylic acids is 2. The third-order valence-corrected chi connectivity index (χ3v) is 5.64. The Morgan fingerprint density at radius 2 is 1.74 bits per heavy atom. The summed E-state index contributed by atoms with van der Waals surface area (Å²) in [4.78, 5) is 28.5. The zero-order valence-electron chi connectivity index (χ0n) is 17.1. The minimum Gasteiger partial charge on any atom is -0.491 e. The first kappa shape index (κ1) is 21.2. The molecule has 8 heteroatoms. The summed E-state index contributed by atoms with van der Waals surface area (Å²) in [6.45, 7) is 2.95. The number of halogens is 2. The van der Waals surface area contributed by atoms with Crippen LogP contribution in [0.1, 0.15) is 33.6 Å². The highest BCUT2D eigenvalue weighted by atomic mass is 19.1. The molecule has 164 valence electrons. The van der Waals surface area contributed by atoms with Crippen molar-refractivity contribution < 1.29 is 27.8 Å². The maximum Gasteiger partial charge on any atom is 0.257 e. The molecule has 2 aromatic carbocycles. The van der Waals surface area contributed by atoms with E-state index in [-0.39, 0.29) is 24.1 Å². The molecular formula is C23H24F2N2O4. The van der Waals surface area contributed by atoms with Crippen molar-refractivity contribution in [3.8, 4) is 5.75 Å². The van der Waals surface area contributed by atoms with Crippen LogP contribution >= 0.6 is 0 Å². The molecule has 2 saturated heterocycles. The van der Waals surface area contributed by atoms with Gasteiger partial charge in [0.05, 0.1) is 24.8 Å². The lowest BCUT2D eigenvalue weighted by atomic mass is 10.1. The van der Waals surface area contributed by atoms with Crippen LogP contribution < -0.4 is 4.74 Å². The molecular weight excluding hydrogens is 406 g/mol. The van der Waals surface area contributed by atoms with Crippen molar-refractivity contribution in [3.63, 3.8) is 0 Å². The molecule has 0 aromatic heterocycles. The van der Waals surface area contributed by atoms with E-state index in [4.69, 9.17) is 9.47 Å². The number of hydrogen-bond acceptors (Lipinski definition) is 4. The van der Waals surface area contributed by atoms with Crippen LogP contribution in [0.4, 0.5) is 8.78 Å². The first-order valence-electron chi connectivity index (χ1n) is 10.4. The molecule has 0 saturated carbocycles. The molecule has 2 fully saturated rings. The number of morpholine rings is 1. The van der Waals surface area contributed by atoms with E-state index in [1.54, 1.807) is 29.2 Å². The van der Waals surface area contributed by atoms with Crippen LogP contribution in [0.3, 0.4) is 0 Å². The molecule has 2 amide bonds. The van der Waals surface area contributed by atoms with Gasteiger partial charge in [-0.25, -0.2) is 8.78 Å². The van der Waals surface area contributed by atoms with Gasteiger partial charge in [0, 0.05) is 25.2 Å². The summed E-state index contributed by atoms with van der Waals surface area (Å²) < 4.78 is 38.6. The van der Waals surface area contributed by atoms with E-state index in [2.05, 4.69) is 0 Å². The zero-order valence-corrected chi connectivity index (χ0v) is 17.1. The quantitative estimate of drug-likeness (QED) is 0.732. The van der Waals surface area contributed by atoms with E-state index in [1.165, 1.54) is 4.90 Å². The summed E-state index contributed by atoms with van der Waals surface area (Å²) in [5, 5.41) is 0. The second-order valence-electron chi connectivity index (χ2n) is 7.66. The fourth-order valence-corrected chi connectivity index (χ4v) is 3.93. The second kappa shape index (κ2) is 9.43. The van der Waals surface area contributed by atoms with E-state index in [1.807, 2.05) is 0 Å². The summed E-state index contributed by atoms with van der Waals surface area (Å²) in [6.07, 6.45) is 1.49. The minimum absolute atomic E-state index is 0.0421. The van der Waals surface area contributed by atoms with Crippen molar-refractivity contribution in [2.24, 2.45) is 0 Å². The van der Waals surface area contributed by atoms with Crippen molar-refractivity contribution in [2.45, 2.75) is 18.9 Å². The molecule has 2 heterocycles. The lowest BCUT2D eigenvalue weighted by molar-refractivity contribution is 0.0303. The standard InChI is InChI=1S/C23H24F2N2O4/c24-17-5-8-21(25)20(14-17)23(29)27-9-1-2-18(27)15-31-19-6-3-16(4-7-19)22(28)26-10-12-30-13-11-26/h3-8,14,18H,1-2,9-13,15H2/t18-/m0/s1. The predicted octanol–water partition coefficient (Wildman–Crippen LogP) is 3.12. The lowest BCUT2D eigenvalue weighted by Gasteiger charge is -2.27. The minimum atomic E-state index is -0.738. The number of ether oxygens (including phenoxy) is 2. The Balaban J connectivity index is 1.36. The van der Waals surface area contributed by atoms with Gasteiger partial charge in [-0.3, -0.25) is 9.59 Å². The van der Waals surface area contributed by atoms with Crippen molar-refractivity contribution in [3.05, 3.63) is 65.2 Å². The smallest absolute Gasteiger partial charge is 0.257 e. The number of likely N-dealkylation sites (tertiary alicyclic amines) is 1. The Hall–Kier alpha value is -3.00. The van der Waals surface area contributed by atoms with Crippen LogP contribution in [0.5, 0.6) is 5.75 Å². The van der Waals surface area contributed by atoms with Crippen molar-refractivity contribution >= 4 is 11.8 Å². The number of rotatable bonds is 5. The molecule has 2 aliphatic rings. The van der Waals surface area contributed by atoms with Crippen molar-refractivity contribution in [2.75, 3.05) is 39.5 Å². The van der Waals surface area contributed by atoms with Gasteiger partial charge in [-0.2, -0.15) is 0 Å².